The number of hydroxylamine groups is 1. The molecule has 3 aromatic rings. The van der Waals surface area contributed by atoms with Crippen LogP contribution in [0.15, 0.2) is 24.5 Å². The Kier molecular flexibility index (Phi) is 6.63. The van der Waals surface area contributed by atoms with Crippen LogP contribution in [0.5, 0.6) is 5.75 Å². The van der Waals surface area contributed by atoms with Crippen LogP contribution < -0.4 is 20.9 Å². The monoisotopic (exact) mass is 470 g/mol. The van der Waals surface area contributed by atoms with Crippen LogP contribution in [0, 0.1) is 11.7 Å². The minimum absolute atomic E-state index is 0.0594. The van der Waals surface area contributed by atoms with Crippen molar-refractivity contribution in [3.8, 4) is 17.1 Å². The number of hydrogen-bond acceptors (Lipinski definition) is 9. The molecular weight excluding hydrogens is 447 g/mol. The van der Waals surface area contributed by atoms with Gasteiger partial charge in [0.2, 0.25) is 5.91 Å². The van der Waals surface area contributed by atoms with Crippen LogP contribution in [-0.4, -0.2) is 50.5 Å². The molecule has 12 nitrogen and oxygen atoms in total. The lowest BCUT2D eigenvalue weighted by Gasteiger charge is -2.16. The van der Waals surface area contributed by atoms with E-state index in [0.29, 0.717) is 5.56 Å². The van der Waals surface area contributed by atoms with E-state index in [-0.39, 0.29) is 52.9 Å². The van der Waals surface area contributed by atoms with Gasteiger partial charge in [-0.1, -0.05) is 0 Å². The van der Waals surface area contributed by atoms with Gasteiger partial charge in [-0.25, -0.2) is 14.9 Å². The average Bonchev–Trinajstić information content (AvgIpc) is 3.58. The van der Waals surface area contributed by atoms with E-state index in [1.54, 1.807) is 14.0 Å². The zero-order valence-electron chi connectivity index (χ0n) is 18.8. The maximum absolute atomic E-state index is 14.6. The summed E-state index contributed by atoms with van der Waals surface area (Å²) >= 11 is 0. The van der Waals surface area contributed by atoms with Crippen molar-refractivity contribution in [1.29, 1.82) is 0 Å². The SMILES string of the molecule is CCONC(=O)c1nnc(NC(=O)C2CC2)cc1Nc1cc(F)cc(-c2ncn(C)n2)c1OC. The fourth-order valence-electron chi connectivity index (χ4n) is 3.16. The minimum atomic E-state index is -0.682. The molecule has 3 N–H and O–H groups in total. The second-order valence-corrected chi connectivity index (χ2v) is 7.52. The molecule has 0 aliphatic heterocycles. The number of methoxy groups -OCH3 is 1. The van der Waals surface area contributed by atoms with Gasteiger partial charge >= 0.3 is 0 Å². The van der Waals surface area contributed by atoms with Crippen molar-refractivity contribution in [1.82, 2.24) is 30.4 Å². The summed E-state index contributed by atoms with van der Waals surface area (Å²) in [6, 6.07) is 3.86. The number of rotatable bonds is 9. The van der Waals surface area contributed by atoms with Crippen molar-refractivity contribution < 1.29 is 23.6 Å². The molecule has 2 amide bonds. The fraction of sp³-hybridized carbons (Fsp3) is 0.333. The number of anilines is 3. The Morgan fingerprint density at radius 2 is 2.00 bits per heavy atom. The molecule has 1 aliphatic carbocycles. The number of amides is 2. The summed E-state index contributed by atoms with van der Waals surface area (Å²) in [6.07, 6.45) is 3.10. The zero-order chi connectivity index (χ0) is 24.2. The van der Waals surface area contributed by atoms with E-state index < -0.39 is 11.7 Å². The van der Waals surface area contributed by atoms with Crippen LogP contribution in [0.4, 0.5) is 21.6 Å². The Morgan fingerprint density at radius 1 is 1.21 bits per heavy atom. The summed E-state index contributed by atoms with van der Waals surface area (Å²) in [7, 11) is 3.10. The summed E-state index contributed by atoms with van der Waals surface area (Å²) < 4.78 is 21.6. The standard InChI is InChI=1S/C21H23FN8O4/c1-4-34-29-21(32)17-14(9-16(26-27-17)25-20(31)11-5-6-11)24-15-8-12(22)7-13(18(15)33-3)19-23-10-30(2)28-19/h7-11H,4-6H2,1-3H3,(H,29,32)(H2,24,25,26,31). The van der Waals surface area contributed by atoms with Gasteiger partial charge in [0.1, 0.15) is 12.1 Å². The number of ether oxygens (including phenoxy) is 1. The maximum Gasteiger partial charge on any atom is 0.297 e. The number of nitrogens with zero attached hydrogens (tertiary/aromatic N) is 5. The summed E-state index contributed by atoms with van der Waals surface area (Å²) in [6.45, 7) is 1.93. The normalized spacial score (nSPS) is 12.8. The lowest BCUT2D eigenvalue weighted by atomic mass is 10.1. The van der Waals surface area contributed by atoms with Crippen LogP contribution in [-0.2, 0) is 16.7 Å². The first-order valence-corrected chi connectivity index (χ1v) is 10.5. The van der Waals surface area contributed by atoms with E-state index in [9.17, 15) is 14.0 Å². The van der Waals surface area contributed by atoms with Crippen LogP contribution in [0.3, 0.4) is 0 Å². The third-order valence-electron chi connectivity index (χ3n) is 4.89. The van der Waals surface area contributed by atoms with Gasteiger partial charge < -0.3 is 15.4 Å². The second kappa shape index (κ2) is 9.79. The molecule has 1 aromatic carbocycles. The third-order valence-corrected chi connectivity index (χ3v) is 4.89. The highest BCUT2D eigenvalue weighted by molar-refractivity contribution is 5.99. The number of nitrogens with one attached hydrogen (secondary N) is 3. The fourth-order valence-corrected chi connectivity index (χ4v) is 3.16. The van der Waals surface area contributed by atoms with E-state index in [4.69, 9.17) is 9.57 Å². The number of carbonyl (C=O) groups excluding carboxylic acids is 2. The Hall–Kier alpha value is -4.13. The number of aromatic nitrogens is 5. The summed E-state index contributed by atoms with van der Waals surface area (Å²) in [5.74, 6) is -0.885. The van der Waals surface area contributed by atoms with E-state index in [1.807, 2.05) is 0 Å². The van der Waals surface area contributed by atoms with Gasteiger partial charge in [-0.2, -0.15) is 5.10 Å². The topological polar surface area (TPSA) is 145 Å². The van der Waals surface area contributed by atoms with E-state index >= 15 is 0 Å². The van der Waals surface area contributed by atoms with Crippen LogP contribution in [0.2, 0.25) is 0 Å². The molecule has 2 aromatic heterocycles. The lowest BCUT2D eigenvalue weighted by Crippen LogP contribution is -2.26. The Labute approximate surface area is 193 Å². The number of aryl methyl sites for hydroxylation is 1. The molecule has 0 atom stereocenters. The Balaban J connectivity index is 1.74. The van der Waals surface area contributed by atoms with Crippen molar-refractivity contribution in [3.63, 3.8) is 0 Å². The van der Waals surface area contributed by atoms with Gasteiger partial charge in [-0.15, -0.1) is 10.2 Å². The predicted octanol–water partition coefficient (Wildman–Crippen LogP) is 2.19. The first kappa shape index (κ1) is 23.0. The van der Waals surface area contributed by atoms with Crippen molar-refractivity contribution in [3.05, 3.63) is 36.0 Å². The van der Waals surface area contributed by atoms with Gasteiger partial charge in [0.05, 0.1) is 30.7 Å². The minimum Gasteiger partial charge on any atom is -0.494 e. The largest absolute Gasteiger partial charge is 0.494 e. The molecule has 1 aliphatic rings. The van der Waals surface area contributed by atoms with Gasteiger partial charge in [-0.3, -0.25) is 19.1 Å². The van der Waals surface area contributed by atoms with Crippen molar-refractivity contribution in [2.45, 2.75) is 19.8 Å². The number of halogens is 1. The van der Waals surface area contributed by atoms with E-state index in [2.05, 4.69) is 36.4 Å². The molecule has 0 saturated heterocycles. The molecule has 13 heteroatoms. The molecule has 34 heavy (non-hydrogen) atoms. The smallest absolute Gasteiger partial charge is 0.297 e. The van der Waals surface area contributed by atoms with Crippen LogP contribution in [0.25, 0.3) is 11.4 Å². The average molecular weight is 470 g/mol. The molecule has 0 bridgehead atoms. The number of hydrogen-bond donors (Lipinski definition) is 3. The van der Waals surface area contributed by atoms with Crippen LogP contribution in [0.1, 0.15) is 30.3 Å². The highest BCUT2D eigenvalue weighted by Crippen LogP contribution is 2.38. The van der Waals surface area contributed by atoms with Crippen LogP contribution >= 0.6 is 0 Å². The molecule has 0 spiro atoms. The van der Waals surface area contributed by atoms with E-state index in [0.717, 1.165) is 12.8 Å². The third kappa shape index (κ3) is 5.09. The molecule has 1 fully saturated rings. The molecule has 2 heterocycles. The van der Waals surface area contributed by atoms with Crippen molar-refractivity contribution >= 4 is 29.0 Å². The van der Waals surface area contributed by atoms with Crippen molar-refractivity contribution in [2.75, 3.05) is 24.4 Å². The van der Waals surface area contributed by atoms with Gasteiger partial charge in [0.15, 0.2) is 23.1 Å². The molecule has 178 valence electrons. The van der Waals surface area contributed by atoms with E-state index in [1.165, 1.54) is 36.3 Å². The zero-order valence-corrected chi connectivity index (χ0v) is 18.8. The van der Waals surface area contributed by atoms with Gasteiger partial charge in [-0.05, 0) is 25.8 Å². The molecule has 0 unspecified atom stereocenters. The quantitative estimate of drug-likeness (QED) is 0.401. The van der Waals surface area contributed by atoms with Gasteiger partial charge in [0, 0.05) is 25.1 Å². The second-order valence-electron chi connectivity index (χ2n) is 7.52. The highest BCUT2D eigenvalue weighted by atomic mass is 19.1. The predicted molar refractivity (Wildman–Crippen MR) is 119 cm³/mol. The molecular formula is C21H23FN8O4. The lowest BCUT2D eigenvalue weighted by molar-refractivity contribution is -0.117. The molecule has 1 saturated carbocycles. The Bertz CT molecular complexity index is 1230. The summed E-state index contributed by atoms with van der Waals surface area (Å²) in [4.78, 5) is 33.9. The van der Waals surface area contributed by atoms with Gasteiger partial charge in [0.25, 0.3) is 5.91 Å². The number of carbonyl (C=O) groups is 2. The first-order chi connectivity index (χ1) is 16.4. The maximum atomic E-state index is 14.6. The molecule has 4 rings (SSSR count). The Morgan fingerprint density at radius 3 is 2.65 bits per heavy atom. The van der Waals surface area contributed by atoms with Crippen molar-refractivity contribution in [2.24, 2.45) is 13.0 Å². The highest BCUT2D eigenvalue weighted by Gasteiger charge is 2.30. The summed E-state index contributed by atoms with van der Waals surface area (Å²) in [5, 5.41) is 17.7. The molecule has 0 radical (unpaired) electrons. The number of benzene rings is 1. The summed E-state index contributed by atoms with van der Waals surface area (Å²) in [5.41, 5.74) is 2.73. The first-order valence-electron chi connectivity index (χ1n) is 10.5.